The molecule has 3 rings (SSSR count). The van der Waals surface area contributed by atoms with E-state index in [0.29, 0.717) is 11.3 Å². The Kier molecular flexibility index (Phi) is 4.91. The third-order valence-corrected chi connectivity index (χ3v) is 4.09. The fourth-order valence-electron chi connectivity index (χ4n) is 1.94. The Morgan fingerprint density at radius 3 is 2.57 bits per heavy atom. The van der Waals surface area contributed by atoms with Crippen molar-refractivity contribution in [1.82, 2.24) is 5.43 Å². The maximum atomic E-state index is 12.3. The number of nitrogens with one attached hydrogen (secondary N) is 1. The summed E-state index contributed by atoms with van der Waals surface area (Å²) in [5, 5.41) is 3.91. The number of carbonyl (C=O) groups excluding carboxylic acids is 1. The third-order valence-electron chi connectivity index (χ3n) is 3.00. The van der Waals surface area contributed by atoms with E-state index >= 15 is 0 Å². The standard InChI is InChI=1S/C18H14N2O2S/c21-18(20-19-13-14-7-6-12-22-14)16-10-4-5-11-17(16)23-15-8-2-1-3-9-15/h1-13H,(H,20,21). The van der Waals surface area contributed by atoms with Gasteiger partial charge in [0.15, 0.2) is 0 Å². The summed E-state index contributed by atoms with van der Waals surface area (Å²) in [4.78, 5) is 14.3. The van der Waals surface area contributed by atoms with E-state index in [0.717, 1.165) is 9.79 Å². The number of hydrogen-bond donors (Lipinski definition) is 1. The van der Waals surface area contributed by atoms with Crippen LogP contribution in [0.5, 0.6) is 0 Å². The fourth-order valence-corrected chi connectivity index (χ4v) is 2.90. The summed E-state index contributed by atoms with van der Waals surface area (Å²) in [6.07, 6.45) is 3.01. The Labute approximate surface area is 138 Å². The van der Waals surface area contributed by atoms with Crippen LogP contribution in [0.25, 0.3) is 0 Å². The molecule has 114 valence electrons. The van der Waals surface area contributed by atoms with Gasteiger partial charge >= 0.3 is 0 Å². The molecule has 0 atom stereocenters. The quantitative estimate of drug-likeness (QED) is 0.566. The second kappa shape index (κ2) is 7.47. The van der Waals surface area contributed by atoms with E-state index in [9.17, 15) is 4.79 Å². The molecule has 23 heavy (non-hydrogen) atoms. The van der Waals surface area contributed by atoms with Crippen LogP contribution in [0, 0.1) is 0 Å². The van der Waals surface area contributed by atoms with Crippen LogP contribution in [-0.4, -0.2) is 12.1 Å². The number of carbonyl (C=O) groups is 1. The van der Waals surface area contributed by atoms with Gasteiger partial charge in [-0.15, -0.1) is 0 Å². The number of nitrogens with zero attached hydrogens (tertiary/aromatic N) is 1. The zero-order valence-corrected chi connectivity index (χ0v) is 13.0. The van der Waals surface area contributed by atoms with Crippen LogP contribution in [0.1, 0.15) is 16.1 Å². The second-order valence-electron chi connectivity index (χ2n) is 4.63. The van der Waals surface area contributed by atoms with E-state index in [1.165, 1.54) is 6.21 Å². The van der Waals surface area contributed by atoms with Crippen LogP contribution in [0.4, 0.5) is 0 Å². The Bertz CT molecular complexity index is 799. The monoisotopic (exact) mass is 322 g/mol. The van der Waals surface area contributed by atoms with Crippen molar-refractivity contribution in [3.63, 3.8) is 0 Å². The molecule has 0 aliphatic carbocycles. The molecule has 0 unspecified atom stereocenters. The van der Waals surface area contributed by atoms with Gasteiger partial charge in [-0.05, 0) is 36.4 Å². The maximum absolute atomic E-state index is 12.3. The summed E-state index contributed by atoms with van der Waals surface area (Å²) in [7, 11) is 0. The van der Waals surface area contributed by atoms with E-state index < -0.39 is 0 Å². The molecule has 0 spiro atoms. The molecule has 1 N–H and O–H groups in total. The lowest BCUT2D eigenvalue weighted by atomic mass is 10.2. The van der Waals surface area contributed by atoms with Crippen molar-refractivity contribution in [2.75, 3.05) is 0 Å². The number of rotatable bonds is 5. The number of furan rings is 1. The Morgan fingerprint density at radius 1 is 1.00 bits per heavy atom. The molecule has 1 heterocycles. The first kappa shape index (κ1) is 15.1. The highest BCUT2D eigenvalue weighted by Crippen LogP contribution is 2.30. The Morgan fingerprint density at radius 2 is 1.78 bits per heavy atom. The molecule has 5 heteroatoms. The number of hydrogen-bond acceptors (Lipinski definition) is 4. The highest BCUT2D eigenvalue weighted by molar-refractivity contribution is 7.99. The van der Waals surface area contributed by atoms with Gasteiger partial charge in [0.25, 0.3) is 5.91 Å². The van der Waals surface area contributed by atoms with E-state index in [-0.39, 0.29) is 5.91 Å². The van der Waals surface area contributed by atoms with Crippen molar-refractivity contribution >= 4 is 23.9 Å². The highest BCUT2D eigenvalue weighted by Gasteiger charge is 2.11. The molecule has 0 aliphatic heterocycles. The van der Waals surface area contributed by atoms with Crippen LogP contribution >= 0.6 is 11.8 Å². The molecule has 2 aromatic carbocycles. The Hall–Kier alpha value is -2.79. The average molecular weight is 322 g/mol. The fraction of sp³-hybridized carbons (Fsp3) is 0. The van der Waals surface area contributed by atoms with Crippen LogP contribution in [0.2, 0.25) is 0 Å². The van der Waals surface area contributed by atoms with Crippen LogP contribution < -0.4 is 5.43 Å². The van der Waals surface area contributed by atoms with E-state index in [2.05, 4.69) is 10.5 Å². The highest BCUT2D eigenvalue weighted by atomic mass is 32.2. The summed E-state index contributed by atoms with van der Waals surface area (Å²) < 4.78 is 5.12. The maximum Gasteiger partial charge on any atom is 0.272 e. The lowest BCUT2D eigenvalue weighted by Gasteiger charge is -2.07. The normalized spacial score (nSPS) is 10.8. The summed E-state index contributed by atoms with van der Waals surface area (Å²) >= 11 is 1.54. The summed E-state index contributed by atoms with van der Waals surface area (Å²) in [5.41, 5.74) is 3.10. The minimum atomic E-state index is -0.258. The van der Waals surface area contributed by atoms with Crippen molar-refractivity contribution in [3.05, 3.63) is 84.3 Å². The third kappa shape index (κ3) is 4.11. The van der Waals surface area contributed by atoms with Gasteiger partial charge in [0.2, 0.25) is 0 Å². The molecule has 1 aromatic heterocycles. The minimum absolute atomic E-state index is 0.258. The number of amides is 1. The van der Waals surface area contributed by atoms with Crippen molar-refractivity contribution in [3.8, 4) is 0 Å². The zero-order valence-electron chi connectivity index (χ0n) is 12.2. The van der Waals surface area contributed by atoms with E-state index in [1.807, 2.05) is 48.5 Å². The van der Waals surface area contributed by atoms with Gasteiger partial charge in [0.05, 0.1) is 18.0 Å². The molecule has 0 radical (unpaired) electrons. The summed E-state index contributed by atoms with van der Waals surface area (Å²) in [5.74, 6) is 0.323. The van der Waals surface area contributed by atoms with Crippen molar-refractivity contribution < 1.29 is 9.21 Å². The van der Waals surface area contributed by atoms with Gasteiger partial charge in [-0.25, -0.2) is 5.43 Å². The zero-order chi connectivity index (χ0) is 15.9. The summed E-state index contributed by atoms with van der Waals surface area (Å²) in [6.45, 7) is 0. The first-order valence-corrected chi connectivity index (χ1v) is 7.83. The predicted octanol–water partition coefficient (Wildman–Crippen LogP) is 4.19. The lowest BCUT2D eigenvalue weighted by Crippen LogP contribution is -2.18. The van der Waals surface area contributed by atoms with Crippen molar-refractivity contribution in [2.24, 2.45) is 5.10 Å². The smallest absolute Gasteiger partial charge is 0.272 e. The molecule has 0 fully saturated rings. The Balaban J connectivity index is 1.73. The molecule has 1 amide bonds. The van der Waals surface area contributed by atoms with Crippen molar-refractivity contribution in [1.29, 1.82) is 0 Å². The first-order chi connectivity index (χ1) is 11.3. The minimum Gasteiger partial charge on any atom is -0.463 e. The molecule has 0 aliphatic rings. The van der Waals surface area contributed by atoms with Gasteiger partial charge in [-0.3, -0.25) is 4.79 Å². The van der Waals surface area contributed by atoms with Crippen LogP contribution in [-0.2, 0) is 0 Å². The lowest BCUT2D eigenvalue weighted by molar-refractivity contribution is 0.0952. The second-order valence-corrected chi connectivity index (χ2v) is 5.74. The van der Waals surface area contributed by atoms with Gasteiger partial charge in [0.1, 0.15) is 5.76 Å². The van der Waals surface area contributed by atoms with Crippen LogP contribution in [0.3, 0.4) is 0 Å². The number of hydrazone groups is 1. The molecule has 4 nitrogen and oxygen atoms in total. The average Bonchev–Trinajstić information content (AvgIpc) is 3.09. The molecule has 0 bridgehead atoms. The van der Waals surface area contributed by atoms with E-state index in [4.69, 9.17) is 4.42 Å². The van der Waals surface area contributed by atoms with Gasteiger partial charge < -0.3 is 4.42 Å². The molecular formula is C18H14N2O2S. The first-order valence-electron chi connectivity index (χ1n) is 7.02. The predicted molar refractivity (Wildman–Crippen MR) is 90.8 cm³/mol. The van der Waals surface area contributed by atoms with Gasteiger partial charge in [-0.2, -0.15) is 5.10 Å². The molecule has 0 saturated heterocycles. The van der Waals surface area contributed by atoms with E-state index in [1.54, 1.807) is 36.2 Å². The summed E-state index contributed by atoms with van der Waals surface area (Å²) in [6, 6.07) is 20.9. The van der Waals surface area contributed by atoms with Crippen LogP contribution in [0.15, 0.2) is 92.3 Å². The largest absolute Gasteiger partial charge is 0.463 e. The number of benzene rings is 2. The van der Waals surface area contributed by atoms with Gasteiger partial charge in [0, 0.05) is 9.79 Å². The van der Waals surface area contributed by atoms with Gasteiger partial charge in [-0.1, -0.05) is 42.1 Å². The SMILES string of the molecule is O=C(NN=Cc1ccco1)c1ccccc1Sc1ccccc1. The topological polar surface area (TPSA) is 54.6 Å². The molecule has 3 aromatic rings. The molecule has 0 saturated carbocycles. The van der Waals surface area contributed by atoms with Crippen molar-refractivity contribution in [2.45, 2.75) is 9.79 Å². The molecular weight excluding hydrogens is 308 g/mol.